The first-order chi connectivity index (χ1) is 13.0. The predicted molar refractivity (Wildman–Crippen MR) is 101 cm³/mol. The van der Waals surface area contributed by atoms with Gasteiger partial charge >= 0.3 is 6.18 Å². The normalized spacial score (nSPS) is 25.6. The van der Waals surface area contributed by atoms with E-state index in [1.165, 1.54) is 23.3 Å². The van der Waals surface area contributed by atoms with E-state index < -0.39 is 11.7 Å². The van der Waals surface area contributed by atoms with Gasteiger partial charge in [-0.1, -0.05) is 54.6 Å². The fourth-order valence-electron chi connectivity index (χ4n) is 4.51. The van der Waals surface area contributed by atoms with Crippen molar-refractivity contribution >= 4 is 6.08 Å². The van der Waals surface area contributed by atoms with Gasteiger partial charge in [0.2, 0.25) is 0 Å². The molecule has 0 spiro atoms. The van der Waals surface area contributed by atoms with Crippen LogP contribution in [0.5, 0.6) is 0 Å². The van der Waals surface area contributed by atoms with Crippen molar-refractivity contribution in [3.05, 3.63) is 76.9 Å². The first-order valence-electron chi connectivity index (χ1n) is 9.33. The Hall–Kier alpha value is -2.11. The Kier molecular flexibility index (Phi) is 4.82. The smallest absolute Gasteiger partial charge is 0.314 e. The number of piperazine rings is 1. The molecule has 2 fully saturated rings. The summed E-state index contributed by atoms with van der Waals surface area (Å²) in [6.07, 6.45) is -0.235. The van der Waals surface area contributed by atoms with Crippen molar-refractivity contribution in [2.45, 2.75) is 37.6 Å². The van der Waals surface area contributed by atoms with Gasteiger partial charge in [-0.05, 0) is 29.7 Å². The van der Waals surface area contributed by atoms with Crippen molar-refractivity contribution in [2.75, 3.05) is 13.1 Å². The third-order valence-electron chi connectivity index (χ3n) is 5.74. The molecule has 0 aliphatic carbocycles. The Balaban J connectivity index is 1.54. The lowest BCUT2D eigenvalue weighted by molar-refractivity contribution is -0.139. The van der Waals surface area contributed by atoms with Crippen LogP contribution in [0.25, 0.3) is 6.08 Å². The summed E-state index contributed by atoms with van der Waals surface area (Å²) in [5.74, 6) is 0.379. The van der Waals surface area contributed by atoms with E-state index in [1.54, 1.807) is 12.1 Å². The number of alkyl halides is 3. The number of hydrogen-bond acceptors (Lipinski definition) is 2. The molecule has 0 radical (unpaired) electrons. The molecule has 5 heteroatoms. The third-order valence-corrected chi connectivity index (χ3v) is 5.74. The summed E-state index contributed by atoms with van der Waals surface area (Å²) >= 11 is 0. The molecule has 1 unspecified atom stereocenters. The van der Waals surface area contributed by atoms with Crippen molar-refractivity contribution in [2.24, 2.45) is 0 Å². The molecule has 1 N–H and O–H groups in total. The predicted octanol–water partition coefficient (Wildman–Crippen LogP) is 4.68. The molecular weight excluding hydrogens is 349 g/mol. The fraction of sp³-hybridized carbons (Fsp3) is 0.364. The minimum atomic E-state index is -4.31. The summed E-state index contributed by atoms with van der Waals surface area (Å²) in [5, 5.41) is 3.40. The van der Waals surface area contributed by atoms with Crippen molar-refractivity contribution in [1.29, 1.82) is 0 Å². The first kappa shape index (κ1) is 18.3. The molecule has 0 amide bonds. The molecule has 0 saturated carbocycles. The summed E-state index contributed by atoms with van der Waals surface area (Å²) < 4.78 is 40.0. The van der Waals surface area contributed by atoms with Crippen LogP contribution in [0.4, 0.5) is 13.2 Å². The molecule has 142 valence electrons. The number of nitrogens with one attached hydrogen (secondary N) is 1. The van der Waals surface area contributed by atoms with E-state index >= 15 is 0 Å². The van der Waals surface area contributed by atoms with Crippen LogP contribution in [0.15, 0.2) is 54.6 Å². The Morgan fingerprint density at radius 1 is 1.04 bits per heavy atom. The average Bonchev–Trinajstić information content (AvgIpc) is 2.67. The molecule has 0 aromatic heterocycles. The van der Waals surface area contributed by atoms with E-state index in [9.17, 15) is 13.2 Å². The van der Waals surface area contributed by atoms with E-state index in [4.69, 9.17) is 0 Å². The Bertz CT molecular complexity index is 814. The fourth-order valence-corrected chi connectivity index (χ4v) is 4.51. The number of halogens is 3. The number of benzene rings is 2. The van der Waals surface area contributed by atoms with E-state index in [1.807, 2.05) is 13.0 Å². The molecule has 3 atom stereocenters. The number of piperidine rings is 1. The number of allylic oxidation sites excluding steroid dienone is 1. The zero-order chi connectivity index (χ0) is 19.0. The van der Waals surface area contributed by atoms with Gasteiger partial charge < -0.3 is 5.32 Å². The van der Waals surface area contributed by atoms with Crippen LogP contribution in [0.3, 0.4) is 0 Å². The van der Waals surface area contributed by atoms with Gasteiger partial charge in [0.15, 0.2) is 0 Å². The molecule has 2 aliphatic heterocycles. The van der Waals surface area contributed by atoms with Crippen LogP contribution in [-0.2, 0) is 12.7 Å². The molecule has 2 bridgehead atoms. The molecule has 2 heterocycles. The Morgan fingerprint density at radius 2 is 1.70 bits per heavy atom. The highest BCUT2D eigenvalue weighted by molar-refractivity contribution is 5.50. The van der Waals surface area contributed by atoms with Crippen LogP contribution in [0.2, 0.25) is 0 Å². The SMILES string of the molecule is CC=Cc1ccc(C2[C@H]3CNC[C@@H]2N3Cc2ccccc2C(F)(F)F)cc1. The van der Waals surface area contributed by atoms with Crippen LogP contribution in [0.1, 0.15) is 35.1 Å². The van der Waals surface area contributed by atoms with Gasteiger partial charge in [-0.25, -0.2) is 0 Å². The van der Waals surface area contributed by atoms with Gasteiger partial charge in [-0.15, -0.1) is 0 Å². The summed E-state index contributed by atoms with van der Waals surface area (Å²) in [5.41, 5.74) is 2.29. The van der Waals surface area contributed by atoms with E-state index in [-0.39, 0.29) is 12.1 Å². The molecule has 2 aliphatic rings. The Morgan fingerprint density at radius 3 is 2.33 bits per heavy atom. The highest BCUT2D eigenvalue weighted by Crippen LogP contribution is 2.44. The number of likely N-dealkylation sites (tertiary alicyclic amines) is 1. The van der Waals surface area contributed by atoms with Gasteiger partial charge in [0.1, 0.15) is 0 Å². The third kappa shape index (κ3) is 3.42. The molecule has 27 heavy (non-hydrogen) atoms. The van der Waals surface area contributed by atoms with Gasteiger partial charge in [0.05, 0.1) is 5.56 Å². The minimum absolute atomic E-state index is 0.234. The maximum atomic E-state index is 13.3. The summed E-state index contributed by atoms with van der Waals surface area (Å²) in [4.78, 5) is 2.23. The van der Waals surface area contributed by atoms with Crippen molar-refractivity contribution < 1.29 is 13.2 Å². The largest absolute Gasteiger partial charge is 0.416 e. The summed E-state index contributed by atoms with van der Waals surface area (Å²) in [6.45, 7) is 3.96. The minimum Gasteiger partial charge on any atom is -0.314 e. The molecule has 2 nitrogen and oxygen atoms in total. The van der Waals surface area contributed by atoms with Crippen molar-refractivity contribution in [3.63, 3.8) is 0 Å². The molecular formula is C22H23F3N2. The van der Waals surface area contributed by atoms with Crippen LogP contribution in [-0.4, -0.2) is 30.1 Å². The van der Waals surface area contributed by atoms with Gasteiger partial charge in [-0.2, -0.15) is 13.2 Å². The second-order valence-electron chi connectivity index (χ2n) is 7.31. The monoisotopic (exact) mass is 372 g/mol. The lowest BCUT2D eigenvalue weighted by Gasteiger charge is -2.59. The van der Waals surface area contributed by atoms with E-state index in [2.05, 4.69) is 40.6 Å². The quantitative estimate of drug-likeness (QED) is 0.838. The first-order valence-corrected chi connectivity index (χ1v) is 9.33. The second-order valence-corrected chi connectivity index (χ2v) is 7.31. The van der Waals surface area contributed by atoms with E-state index in [0.717, 1.165) is 13.1 Å². The number of rotatable bonds is 4. The summed E-state index contributed by atoms with van der Waals surface area (Å²) in [7, 11) is 0. The maximum Gasteiger partial charge on any atom is 0.416 e. The lowest BCUT2D eigenvalue weighted by Crippen LogP contribution is -2.72. The zero-order valence-corrected chi connectivity index (χ0v) is 15.2. The van der Waals surface area contributed by atoms with Gasteiger partial charge in [0.25, 0.3) is 0 Å². The van der Waals surface area contributed by atoms with Gasteiger partial charge in [0, 0.05) is 37.6 Å². The lowest BCUT2D eigenvalue weighted by atomic mass is 9.72. The average molecular weight is 372 g/mol. The van der Waals surface area contributed by atoms with Crippen molar-refractivity contribution in [3.8, 4) is 0 Å². The molecule has 2 saturated heterocycles. The second kappa shape index (κ2) is 7.13. The Labute approximate surface area is 157 Å². The van der Waals surface area contributed by atoms with Crippen molar-refractivity contribution in [1.82, 2.24) is 10.2 Å². The van der Waals surface area contributed by atoms with Crippen LogP contribution in [0, 0.1) is 0 Å². The van der Waals surface area contributed by atoms with Crippen LogP contribution >= 0.6 is 0 Å². The number of fused-ring (bicyclic) bond motifs is 2. The zero-order valence-electron chi connectivity index (χ0n) is 15.2. The highest BCUT2D eigenvalue weighted by Gasteiger charge is 2.51. The van der Waals surface area contributed by atoms with Crippen LogP contribution < -0.4 is 5.32 Å². The number of hydrogen-bond donors (Lipinski definition) is 1. The molecule has 4 rings (SSSR count). The summed E-state index contributed by atoms with van der Waals surface area (Å²) in [6, 6.07) is 14.9. The maximum absolute atomic E-state index is 13.3. The van der Waals surface area contributed by atoms with E-state index in [0.29, 0.717) is 18.0 Å². The number of nitrogens with zero attached hydrogens (tertiary/aromatic N) is 1. The molecule has 2 aromatic rings. The van der Waals surface area contributed by atoms with Gasteiger partial charge in [-0.3, -0.25) is 4.90 Å². The molecule has 2 aromatic carbocycles. The standard InChI is InChI=1S/C22H23F3N2/c1-2-5-15-8-10-16(11-9-15)21-19-12-26-13-20(21)27(19)14-17-6-3-4-7-18(17)22(23,24)25/h2-11,19-21,26H,12-14H2,1H3/t19-,20+,21?. The highest BCUT2D eigenvalue weighted by atomic mass is 19.4. The topological polar surface area (TPSA) is 15.3 Å².